The molecule has 1 aromatic heterocycles. The van der Waals surface area contributed by atoms with E-state index in [0.29, 0.717) is 5.92 Å². The fourth-order valence-electron chi connectivity index (χ4n) is 2.42. The van der Waals surface area contributed by atoms with E-state index in [0.717, 1.165) is 17.3 Å². The Kier molecular flexibility index (Phi) is 2.88. The van der Waals surface area contributed by atoms with Crippen LogP contribution in [0.4, 0.5) is 0 Å². The van der Waals surface area contributed by atoms with Gasteiger partial charge in [0.15, 0.2) is 0 Å². The number of benzene rings is 1. The van der Waals surface area contributed by atoms with Crippen LogP contribution in [0.25, 0.3) is 5.69 Å². The molecular formula is C14H18N4. The van der Waals surface area contributed by atoms with Crippen molar-refractivity contribution in [3.05, 3.63) is 42.2 Å². The van der Waals surface area contributed by atoms with Crippen molar-refractivity contribution in [3.63, 3.8) is 0 Å². The molecule has 1 aromatic carbocycles. The van der Waals surface area contributed by atoms with Gasteiger partial charge < -0.3 is 5.73 Å². The van der Waals surface area contributed by atoms with Crippen molar-refractivity contribution in [2.75, 3.05) is 0 Å². The van der Waals surface area contributed by atoms with E-state index in [-0.39, 0.29) is 6.04 Å². The molecule has 2 atom stereocenters. The van der Waals surface area contributed by atoms with Crippen molar-refractivity contribution in [2.45, 2.75) is 25.8 Å². The molecule has 18 heavy (non-hydrogen) atoms. The molecule has 1 aliphatic carbocycles. The lowest BCUT2D eigenvalue weighted by Crippen LogP contribution is -2.23. The molecule has 4 heteroatoms. The highest BCUT2D eigenvalue weighted by Gasteiger charge is 2.33. The molecule has 0 amide bonds. The van der Waals surface area contributed by atoms with Gasteiger partial charge in [0.2, 0.25) is 0 Å². The minimum Gasteiger partial charge on any atom is -0.322 e. The summed E-state index contributed by atoms with van der Waals surface area (Å²) in [6, 6.07) is 10.0. The molecule has 1 heterocycles. The Balaban J connectivity index is 1.91. The lowest BCUT2D eigenvalue weighted by atomic mass is 9.95. The highest BCUT2D eigenvalue weighted by molar-refractivity contribution is 5.32. The molecule has 0 saturated heterocycles. The summed E-state index contributed by atoms with van der Waals surface area (Å²) < 4.78 is 1.85. The molecule has 2 aromatic rings. The van der Waals surface area contributed by atoms with E-state index < -0.39 is 0 Å². The molecule has 0 bridgehead atoms. The lowest BCUT2D eigenvalue weighted by Gasteiger charge is -2.19. The second-order valence-electron chi connectivity index (χ2n) is 5.13. The maximum atomic E-state index is 6.36. The number of hydrogen-bond donors (Lipinski definition) is 1. The monoisotopic (exact) mass is 242 g/mol. The summed E-state index contributed by atoms with van der Waals surface area (Å²) in [5, 5.41) is 8.17. The van der Waals surface area contributed by atoms with Gasteiger partial charge in [-0.25, -0.2) is 4.68 Å². The van der Waals surface area contributed by atoms with Crippen molar-refractivity contribution < 1.29 is 0 Å². The Morgan fingerprint density at radius 3 is 2.67 bits per heavy atom. The highest BCUT2D eigenvalue weighted by Crippen LogP contribution is 2.41. The van der Waals surface area contributed by atoms with E-state index in [4.69, 9.17) is 5.73 Å². The van der Waals surface area contributed by atoms with Gasteiger partial charge in [0, 0.05) is 0 Å². The Morgan fingerprint density at radius 2 is 2.00 bits per heavy atom. The number of hydrogen-bond acceptors (Lipinski definition) is 3. The molecule has 1 saturated carbocycles. The maximum absolute atomic E-state index is 6.36. The molecule has 0 radical (unpaired) electrons. The van der Waals surface area contributed by atoms with Crippen LogP contribution in [0.3, 0.4) is 0 Å². The van der Waals surface area contributed by atoms with Gasteiger partial charge in [0.05, 0.1) is 23.6 Å². The predicted octanol–water partition coefficient (Wildman–Crippen LogP) is 2.31. The first-order valence-corrected chi connectivity index (χ1v) is 6.49. The average Bonchev–Trinajstić information content (AvgIpc) is 3.15. The summed E-state index contributed by atoms with van der Waals surface area (Å²) in [4.78, 5) is 0. The van der Waals surface area contributed by atoms with E-state index in [9.17, 15) is 0 Å². The first kappa shape index (κ1) is 11.4. The van der Waals surface area contributed by atoms with Crippen LogP contribution in [0.5, 0.6) is 0 Å². The number of rotatable bonds is 4. The Labute approximate surface area is 107 Å². The summed E-state index contributed by atoms with van der Waals surface area (Å²) >= 11 is 0. The van der Waals surface area contributed by atoms with E-state index in [1.54, 1.807) is 6.20 Å². The Hall–Kier alpha value is -1.68. The molecule has 2 N–H and O–H groups in total. The van der Waals surface area contributed by atoms with Crippen LogP contribution in [-0.2, 0) is 0 Å². The van der Waals surface area contributed by atoms with Crippen LogP contribution in [-0.4, -0.2) is 15.0 Å². The summed E-state index contributed by atoms with van der Waals surface area (Å²) in [5.74, 6) is 1.27. The summed E-state index contributed by atoms with van der Waals surface area (Å²) in [6.45, 7) is 2.23. The second-order valence-corrected chi connectivity index (χ2v) is 5.13. The molecule has 94 valence electrons. The molecule has 1 aliphatic rings. The average molecular weight is 242 g/mol. The van der Waals surface area contributed by atoms with Crippen molar-refractivity contribution in [2.24, 2.45) is 17.6 Å². The molecule has 0 aliphatic heterocycles. The van der Waals surface area contributed by atoms with Gasteiger partial charge in [0.1, 0.15) is 0 Å². The SMILES string of the molecule is CC(C1CC1)C(N)c1cnnn1-c1ccccc1. The minimum absolute atomic E-state index is 0.00714. The number of nitrogens with zero attached hydrogens (tertiary/aromatic N) is 3. The van der Waals surface area contributed by atoms with E-state index in [1.165, 1.54) is 12.8 Å². The molecule has 2 unspecified atom stereocenters. The van der Waals surface area contributed by atoms with E-state index in [2.05, 4.69) is 17.2 Å². The molecule has 0 spiro atoms. The molecular weight excluding hydrogens is 224 g/mol. The lowest BCUT2D eigenvalue weighted by molar-refractivity contribution is 0.404. The standard InChI is InChI=1S/C14H18N4/c1-10(11-7-8-11)14(15)13-9-16-17-18(13)12-5-3-2-4-6-12/h2-6,9-11,14H,7-8,15H2,1H3. The van der Waals surface area contributed by atoms with Gasteiger partial charge in [-0.3, -0.25) is 0 Å². The fourth-order valence-corrected chi connectivity index (χ4v) is 2.42. The van der Waals surface area contributed by atoms with Crippen LogP contribution in [0.15, 0.2) is 36.5 Å². The third-order valence-corrected chi connectivity index (χ3v) is 3.85. The van der Waals surface area contributed by atoms with E-state index in [1.807, 2.05) is 35.0 Å². The molecule has 1 fully saturated rings. The molecule has 3 rings (SSSR count). The second kappa shape index (κ2) is 4.53. The van der Waals surface area contributed by atoms with Crippen molar-refractivity contribution in [1.82, 2.24) is 15.0 Å². The third-order valence-electron chi connectivity index (χ3n) is 3.85. The number of nitrogens with two attached hydrogens (primary N) is 1. The topological polar surface area (TPSA) is 56.7 Å². The zero-order chi connectivity index (χ0) is 12.5. The summed E-state index contributed by atoms with van der Waals surface area (Å²) in [6.07, 6.45) is 4.40. The first-order chi connectivity index (χ1) is 8.77. The van der Waals surface area contributed by atoms with E-state index >= 15 is 0 Å². The van der Waals surface area contributed by atoms with Gasteiger partial charge in [-0.05, 0) is 36.8 Å². The highest BCUT2D eigenvalue weighted by atomic mass is 15.4. The minimum atomic E-state index is 0.00714. The van der Waals surface area contributed by atoms with Gasteiger partial charge in [-0.2, -0.15) is 0 Å². The molecule has 4 nitrogen and oxygen atoms in total. The normalized spacial score (nSPS) is 18.6. The summed E-state index contributed by atoms with van der Waals surface area (Å²) in [7, 11) is 0. The van der Waals surface area contributed by atoms with Gasteiger partial charge in [0.25, 0.3) is 0 Å². The Bertz CT molecular complexity index is 516. The smallest absolute Gasteiger partial charge is 0.0815 e. The van der Waals surface area contributed by atoms with Crippen LogP contribution in [0.1, 0.15) is 31.5 Å². The maximum Gasteiger partial charge on any atom is 0.0815 e. The van der Waals surface area contributed by atoms with Crippen LogP contribution in [0, 0.1) is 11.8 Å². The fraction of sp³-hybridized carbons (Fsp3) is 0.429. The largest absolute Gasteiger partial charge is 0.322 e. The first-order valence-electron chi connectivity index (χ1n) is 6.49. The number of para-hydroxylation sites is 1. The Morgan fingerprint density at radius 1 is 1.28 bits per heavy atom. The van der Waals surface area contributed by atoms with Crippen LogP contribution in [0.2, 0.25) is 0 Å². The van der Waals surface area contributed by atoms with Crippen LogP contribution < -0.4 is 5.73 Å². The van der Waals surface area contributed by atoms with Crippen molar-refractivity contribution >= 4 is 0 Å². The van der Waals surface area contributed by atoms with Crippen LogP contribution >= 0.6 is 0 Å². The zero-order valence-corrected chi connectivity index (χ0v) is 10.5. The van der Waals surface area contributed by atoms with Crippen molar-refractivity contribution in [1.29, 1.82) is 0 Å². The van der Waals surface area contributed by atoms with Crippen molar-refractivity contribution in [3.8, 4) is 5.69 Å². The summed E-state index contributed by atoms with van der Waals surface area (Å²) in [5.41, 5.74) is 8.38. The third kappa shape index (κ3) is 2.04. The van der Waals surface area contributed by atoms with Gasteiger partial charge in [-0.1, -0.05) is 30.3 Å². The van der Waals surface area contributed by atoms with Gasteiger partial charge >= 0.3 is 0 Å². The number of aromatic nitrogens is 3. The predicted molar refractivity (Wildman–Crippen MR) is 70.2 cm³/mol. The van der Waals surface area contributed by atoms with Gasteiger partial charge in [-0.15, -0.1) is 5.10 Å². The zero-order valence-electron chi connectivity index (χ0n) is 10.5. The quantitative estimate of drug-likeness (QED) is 0.895.